The van der Waals surface area contributed by atoms with Crippen molar-refractivity contribution in [3.05, 3.63) is 35.9 Å². The normalized spacial score (nSPS) is 29.1. The second kappa shape index (κ2) is 6.06. The van der Waals surface area contributed by atoms with Crippen LogP contribution in [-0.4, -0.2) is 25.3 Å². The third-order valence-corrected chi connectivity index (χ3v) is 4.54. The molecule has 1 aromatic rings. The Bertz CT molecular complexity index is 388. The summed E-state index contributed by atoms with van der Waals surface area (Å²) in [6.45, 7) is 4.32. The molecule has 0 amide bonds. The predicted molar refractivity (Wildman–Crippen MR) is 78.3 cm³/mol. The van der Waals surface area contributed by atoms with Crippen molar-refractivity contribution < 1.29 is 4.74 Å². The molecule has 19 heavy (non-hydrogen) atoms. The lowest BCUT2D eigenvalue weighted by atomic mass is 9.97. The molecule has 3 atom stereocenters. The summed E-state index contributed by atoms with van der Waals surface area (Å²) in [6.07, 6.45) is 5.70. The van der Waals surface area contributed by atoms with Crippen molar-refractivity contribution in [2.45, 2.75) is 50.7 Å². The summed E-state index contributed by atoms with van der Waals surface area (Å²) in [7, 11) is 0. The fourth-order valence-electron chi connectivity index (χ4n) is 3.05. The maximum Gasteiger partial charge on any atom is 0.0618 e. The van der Waals surface area contributed by atoms with Gasteiger partial charge in [-0.1, -0.05) is 37.3 Å². The highest BCUT2D eigenvalue weighted by atomic mass is 16.5. The van der Waals surface area contributed by atoms with Gasteiger partial charge < -0.3 is 10.1 Å². The van der Waals surface area contributed by atoms with Crippen molar-refractivity contribution in [3.8, 4) is 0 Å². The molecule has 0 unspecified atom stereocenters. The van der Waals surface area contributed by atoms with Crippen molar-refractivity contribution >= 4 is 0 Å². The molecule has 0 bridgehead atoms. The smallest absolute Gasteiger partial charge is 0.0618 e. The van der Waals surface area contributed by atoms with Crippen LogP contribution in [0.2, 0.25) is 0 Å². The second-order valence-electron chi connectivity index (χ2n) is 6.19. The maximum absolute atomic E-state index is 5.88. The summed E-state index contributed by atoms with van der Waals surface area (Å²) >= 11 is 0. The quantitative estimate of drug-likeness (QED) is 0.875. The van der Waals surface area contributed by atoms with Crippen LogP contribution in [0.4, 0.5) is 0 Å². The lowest BCUT2D eigenvalue weighted by molar-refractivity contribution is -0.0111. The molecule has 2 fully saturated rings. The van der Waals surface area contributed by atoms with Crippen molar-refractivity contribution in [1.29, 1.82) is 0 Å². The molecule has 2 aliphatic rings. The molecule has 1 aliphatic heterocycles. The van der Waals surface area contributed by atoms with E-state index in [1.165, 1.54) is 31.2 Å². The zero-order valence-electron chi connectivity index (χ0n) is 11.8. The predicted octanol–water partition coefficient (Wildman–Crippen LogP) is 3.34. The van der Waals surface area contributed by atoms with E-state index in [4.69, 9.17) is 4.74 Å². The maximum atomic E-state index is 5.88. The van der Waals surface area contributed by atoms with Gasteiger partial charge in [-0.15, -0.1) is 0 Å². The van der Waals surface area contributed by atoms with Gasteiger partial charge in [0.2, 0.25) is 0 Å². The number of nitrogens with one attached hydrogen (secondary N) is 1. The molecule has 1 heterocycles. The zero-order valence-corrected chi connectivity index (χ0v) is 11.8. The Labute approximate surface area is 116 Å². The Balaban J connectivity index is 1.46. The lowest BCUT2D eigenvalue weighted by Crippen LogP contribution is -2.41. The third kappa shape index (κ3) is 3.58. The molecule has 0 aromatic heterocycles. The number of hydrogen-bond donors (Lipinski definition) is 1. The van der Waals surface area contributed by atoms with Crippen molar-refractivity contribution in [3.63, 3.8) is 0 Å². The van der Waals surface area contributed by atoms with E-state index in [1.807, 2.05) is 0 Å². The van der Waals surface area contributed by atoms with Gasteiger partial charge in [0.1, 0.15) is 0 Å². The van der Waals surface area contributed by atoms with Gasteiger partial charge in [-0.25, -0.2) is 0 Å². The van der Waals surface area contributed by atoms with Crippen LogP contribution in [0.1, 0.15) is 44.1 Å². The summed E-state index contributed by atoms with van der Waals surface area (Å²) in [4.78, 5) is 0. The minimum Gasteiger partial charge on any atom is -0.378 e. The first-order valence-corrected chi connectivity index (χ1v) is 7.73. The molecule has 1 aromatic carbocycles. The largest absolute Gasteiger partial charge is 0.378 e. The molecule has 1 aliphatic carbocycles. The van der Waals surface area contributed by atoms with Gasteiger partial charge >= 0.3 is 0 Å². The highest BCUT2D eigenvalue weighted by Crippen LogP contribution is 2.38. The first-order chi connectivity index (χ1) is 9.33. The van der Waals surface area contributed by atoms with Crippen LogP contribution in [0.15, 0.2) is 30.3 Å². The SMILES string of the molecule is C[C@H](CN[C@H]1CCO[C@@H](C2CC2)C1)c1ccccc1. The van der Waals surface area contributed by atoms with Crippen molar-refractivity contribution in [1.82, 2.24) is 5.32 Å². The van der Waals surface area contributed by atoms with E-state index >= 15 is 0 Å². The van der Waals surface area contributed by atoms with Gasteiger partial charge in [0, 0.05) is 19.2 Å². The van der Waals surface area contributed by atoms with E-state index in [-0.39, 0.29) is 0 Å². The van der Waals surface area contributed by atoms with Crippen molar-refractivity contribution in [2.75, 3.05) is 13.2 Å². The van der Waals surface area contributed by atoms with Gasteiger partial charge in [0.15, 0.2) is 0 Å². The fraction of sp³-hybridized carbons (Fsp3) is 0.647. The van der Waals surface area contributed by atoms with E-state index < -0.39 is 0 Å². The van der Waals surface area contributed by atoms with Gasteiger partial charge in [-0.05, 0) is 43.1 Å². The minimum absolute atomic E-state index is 0.540. The molecule has 0 radical (unpaired) electrons. The monoisotopic (exact) mass is 259 g/mol. The number of hydrogen-bond acceptors (Lipinski definition) is 2. The van der Waals surface area contributed by atoms with Gasteiger partial charge in [0.25, 0.3) is 0 Å². The number of benzene rings is 1. The van der Waals surface area contributed by atoms with E-state index in [1.54, 1.807) is 0 Å². The van der Waals surface area contributed by atoms with Crippen LogP contribution >= 0.6 is 0 Å². The fourth-order valence-corrected chi connectivity index (χ4v) is 3.05. The van der Waals surface area contributed by atoms with Crippen LogP contribution in [-0.2, 0) is 4.74 Å². The Kier molecular flexibility index (Phi) is 4.19. The Morgan fingerprint density at radius 1 is 1.21 bits per heavy atom. The third-order valence-electron chi connectivity index (χ3n) is 4.54. The summed E-state index contributed by atoms with van der Waals surface area (Å²) in [5, 5.41) is 3.75. The molecule has 0 spiro atoms. The highest BCUT2D eigenvalue weighted by molar-refractivity contribution is 5.19. The average molecular weight is 259 g/mol. The Hall–Kier alpha value is -0.860. The van der Waals surface area contributed by atoms with E-state index in [9.17, 15) is 0 Å². The first-order valence-electron chi connectivity index (χ1n) is 7.73. The number of rotatable bonds is 5. The molecular formula is C17H25NO. The van der Waals surface area contributed by atoms with E-state index in [2.05, 4.69) is 42.6 Å². The Morgan fingerprint density at radius 2 is 2.00 bits per heavy atom. The van der Waals surface area contributed by atoms with Crippen molar-refractivity contribution in [2.24, 2.45) is 5.92 Å². The van der Waals surface area contributed by atoms with Gasteiger partial charge in [0.05, 0.1) is 6.10 Å². The standard InChI is InChI=1S/C17H25NO/c1-13(14-5-3-2-4-6-14)12-18-16-9-10-19-17(11-16)15-7-8-15/h2-6,13,15-18H,7-12H2,1H3/t13-,16+,17-/m1/s1. The minimum atomic E-state index is 0.540. The molecule has 1 N–H and O–H groups in total. The van der Waals surface area contributed by atoms with Crippen LogP contribution < -0.4 is 5.32 Å². The molecule has 104 valence electrons. The Morgan fingerprint density at radius 3 is 2.74 bits per heavy atom. The molecule has 1 saturated heterocycles. The average Bonchev–Trinajstić information content (AvgIpc) is 3.31. The van der Waals surface area contributed by atoms with Crippen LogP contribution in [0.3, 0.4) is 0 Å². The molecule has 1 saturated carbocycles. The first kappa shape index (κ1) is 13.1. The topological polar surface area (TPSA) is 21.3 Å². The second-order valence-corrected chi connectivity index (χ2v) is 6.19. The molecular weight excluding hydrogens is 234 g/mol. The summed E-state index contributed by atoms with van der Waals surface area (Å²) in [5.74, 6) is 1.46. The highest BCUT2D eigenvalue weighted by Gasteiger charge is 2.35. The summed E-state index contributed by atoms with van der Waals surface area (Å²) in [5.41, 5.74) is 1.43. The molecule has 2 nitrogen and oxygen atoms in total. The lowest BCUT2D eigenvalue weighted by Gasteiger charge is -2.31. The zero-order chi connectivity index (χ0) is 13.1. The summed E-state index contributed by atoms with van der Waals surface area (Å²) in [6, 6.07) is 11.5. The van der Waals surface area contributed by atoms with Crippen LogP contribution in [0.5, 0.6) is 0 Å². The van der Waals surface area contributed by atoms with Gasteiger partial charge in [-0.3, -0.25) is 0 Å². The summed E-state index contributed by atoms with van der Waals surface area (Å²) < 4.78 is 5.88. The van der Waals surface area contributed by atoms with Gasteiger partial charge in [-0.2, -0.15) is 0 Å². The van der Waals surface area contributed by atoms with Crippen LogP contribution in [0.25, 0.3) is 0 Å². The van der Waals surface area contributed by atoms with Crippen LogP contribution in [0, 0.1) is 5.92 Å². The van der Waals surface area contributed by atoms with E-state index in [0.717, 1.165) is 19.1 Å². The molecule has 3 rings (SSSR count). The number of ether oxygens (including phenoxy) is 1. The van der Waals surface area contributed by atoms with E-state index in [0.29, 0.717) is 18.1 Å². The molecule has 2 heteroatoms.